The summed E-state index contributed by atoms with van der Waals surface area (Å²) in [6.07, 6.45) is 4.76. The van der Waals surface area contributed by atoms with Gasteiger partial charge in [0.15, 0.2) is 7.28 Å². The topological polar surface area (TPSA) is 15.3 Å². The number of nitrogens with one attached hydrogen (secondary N) is 1. The largest absolute Gasteiger partial charge is 0.355 e. The molecule has 0 bridgehead atoms. The molecule has 3 heterocycles. The third kappa shape index (κ3) is 4.42. The maximum absolute atomic E-state index is 4.02. The van der Waals surface area contributed by atoms with Gasteiger partial charge in [-0.1, -0.05) is 141 Å². The van der Waals surface area contributed by atoms with Gasteiger partial charge in [-0.25, -0.2) is 0 Å². The minimum Gasteiger partial charge on any atom is -0.355 e. The molecule has 3 heteroatoms. The zero-order chi connectivity index (χ0) is 41.7. The summed E-state index contributed by atoms with van der Waals surface area (Å²) in [6, 6.07) is 38.1. The smallest absolute Gasteiger partial charge is 0.198 e. The van der Waals surface area contributed by atoms with Crippen molar-refractivity contribution in [1.29, 1.82) is 0 Å². The minimum atomic E-state index is -0.308. The van der Waals surface area contributed by atoms with Gasteiger partial charge in [0.2, 0.25) is 0 Å². The van der Waals surface area contributed by atoms with Gasteiger partial charge in [-0.05, 0) is 157 Å². The summed E-state index contributed by atoms with van der Waals surface area (Å²) >= 11 is 0. The Morgan fingerprint density at radius 2 is 1.08 bits per heavy atom. The molecule has 3 aliphatic carbocycles. The molecule has 1 atom stereocenters. The molecule has 0 radical (unpaired) electrons. The molecule has 2 nitrogen and oxygen atoms in total. The Balaban J connectivity index is 1.26. The second-order valence-electron chi connectivity index (χ2n) is 22.8. The Kier molecular flexibility index (Phi) is 6.91. The summed E-state index contributed by atoms with van der Waals surface area (Å²) in [5, 5.41) is 4.02. The van der Waals surface area contributed by atoms with E-state index >= 15 is 0 Å². The lowest BCUT2D eigenvalue weighted by Crippen LogP contribution is -2.51. The molecule has 1 N–H and O–H groups in total. The first kappa shape index (κ1) is 36.8. The molecule has 12 rings (SSSR count). The quantitative estimate of drug-likeness (QED) is 0.180. The highest BCUT2D eigenvalue weighted by molar-refractivity contribution is 6.73. The minimum absolute atomic E-state index is 0.0393. The van der Waals surface area contributed by atoms with Crippen molar-refractivity contribution < 1.29 is 0 Å². The molecule has 0 amide bonds. The molecule has 60 heavy (non-hydrogen) atoms. The average Bonchev–Trinajstić information content (AvgIpc) is 3.48. The number of nitrogens with zero attached hydrogens (tertiary/aromatic N) is 1. The van der Waals surface area contributed by atoms with Gasteiger partial charge in [0, 0.05) is 39.1 Å². The van der Waals surface area contributed by atoms with Crippen molar-refractivity contribution in [3.8, 4) is 22.3 Å². The van der Waals surface area contributed by atoms with Crippen molar-refractivity contribution in [2.24, 2.45) is 0 Å². The molecule has 6 aliphatic rings. The molecular weight excluding hydrogens is 723 g/mol. The lowest BCUT2D eigenvalue weighted by molar-refractivity contribution is 0.326. The summed E-state index contributed by atoms with van der Waals surface area (Å²) < 4.78 is 0. The number of fused-ring (bicyclic) bond motifs is 7. The maximum Gasteiger partial charge on any atom is 0.198 e. The van der Waals surface area contributed by atoms with E-state index in [1.165, 1.54) is 115 Å². The third-order valence-corrected chi connectivity index (χ3v) is 17.1. The first-order valence-corrected chi connectivity index (χ1v) is 22.8. The van der Waals surface area contributed by atoms with Crippen molar-refractivity contribution >= 4 is 46.6 Å². The summed E-state index contributed by atoms with van der Waals surface area (Å²) in [7, 11) is 0.908. The fourth-order valence-corrected chi connectivity index (χ4v) is 13.4. The van der Waals surface area contributed by atoms with Crippen LogP contribution in [0, 0.1) is 0 Å². The normalized spacial score (nSPS) is 22.5. The molecule has 0 fully saturated rings. The molecule has 6 aromatic carbocycles. The van der Waals surface area contributed by atoms with Gasteiger partial charge in [0.05, 0.1) is 5.69 Å². The van der Waals surface area contributed by atoms with Gasteiger partial charge < -0.3 is 10.2 Å². The highest BCUT2D eigenvalue weighted by Crippen LogP contribution is 2.69. The van der Waals surface area contributed by atoms with E-state index in [2.05, 4.69) is 183 Å². The molecule has 3 aliphatic heterocycles. The van der Waals surface area contributed by atoms with Crippen LogP contribution in [-0.4, -0.2) is 7.28 Å². The van der Waals surface area contributed by atoms with Gasteiger partial charge in [0.25, 0.3) is 0 Å². The fourth-order valence-electron chi connectivity index (χ4n) is 13.4. The van der Waals surface area contributed by atoms with E-state index in [1.807, 2.05) is 0 Å². The zero-order valence-electron chi connectivity index (χ0n) is 37.7. The molecule has 300 valence electrons. The predicted octanol–water partition coefficient (Wildman–Crippen LogP) is 13.3. The van der Waals surface area contributed by atoms with Crippen LogP contribution in [0.4, 0.5) is 28.4 Å². The first-order chi connectivity index (χ1) is 28.4. The van der Waals surface area contributed by atoms with Crippen LogP contribution in [0.25, 0.3) is 22.3 Å². The average molecular weight is 783 g/mol. The van der Waals surface area contributed by atoms with E-state index in [9.17, 15) is 0 Å². The third-order valence-electron chi connectivity index (χ3n) is 17.1. The standard InChI is InChI=1S/C57H59BN2/c1-52(2)24-25-53(3,4)40-31-44(59-32-18-13-12-14-19-32)34(29-39(40)52)36-28-35-33-20-15-16-21-37(33)57(11)45(35)51-48(36)58-43-23-17-22-38-49(43)60(51)50-42(56(38,9)10)30-41-46(47(50)57)55(7,8)27-26-54(41,5)6/h12-23,28-31,58-59H,24-27H2,1-11H3. The predicted molar refractivity (Wildman–Crippen MR) is 256 cm³/mol. The fraction of sp³-hybridized carbons (Fsp3) is 0.368. The summed E-state index contributed by atoms with van der Waals surface area (Å²) in [5.74, 6) is 0. The van der Waals surface area contributed by atoms with Crippen LogP contribution in [0.5, 0.6) is 0 Å². The van der Waals surface area contributed by atoms with Crippen LogP contribution in [0.1, 0.15) is 152 Å². The van der Waals surface area contributed by atoms with E-state index < -0.39 is 0 Å². The highest BCUT2D eigenvalue weighted by atomic mass is 15.2. The van der Waals surface area contributed by atoms with Crippen molar-refractivity contribution in [2.45, 2.75) is 134 Å². The second kappa shape index (κ2) is 11.3. The van der Waals surface area contributed by atoms with Gasteiger partial charge in [-0.3, -0.25) is 0 Å². The van der Waals surface area contributed by atoms with Gasteiger partial charge in [-0.2, -0.15) is 0 Å². The molecular formula is C57H59BN2. The molecule has 0 spiro atoms. The Morgan fingerprint density at radius 3 is 1.82 bits per heavy atom. The number of hydrogen-bond donors (Lipinski definition) is 1. The Morgan fingerprint density at radius 1 is 0.450 bits per heavy atom. The molecule has 0 aromatic heterocycles. The number of benzene rings is 6. The van der Waals surface area contributed by atoms with Crippen molar-refractivity contribution in [2.75, 3.05) is 10.2 Å². The Bertz CT molecular complexity index is 2920. The van der Waals surface area contributed by atoms with Crippen molar-refractivity contribution in [3.05, 3.63) is 147 Å². The zero-order valence-corrected chi connectivity index (χ0v) is 37.7. The number of hydrogen-bond acceptors (Lipinski definition) is 2. The lowest BCUT2D eigenvalue weighted by Gasteiger charge is -2.56. The number of anilines is 5. The number of para-hydroxylation sites is 2. The van der Waals surface area contributed by atoms with Crippen LogP contribution >= 0.6 is 0 Å². The second-order valence-corrected chi connectivity index (χ2v) is 22.8. The van der Waals surface area contributed by atoms with E-state index in [4.69, 9.17) is 0 Å². The maximum atomic E-state index is 4.02. The van der Waals surface area contributed by atoms with E-state index in [0.717, 1.165) is 13.0 Å². The summed E-state index contributed by atoms with van der Waals surface area (Å²) in [6.45, 7) is 27.6. The molecule has 1 unspecified atom stereocenters. The Hall–Kier alpha value is -5.02. The van der Waals surface area contributed by atoms with Crippen LogP contribution in [0.3, 0.4) is 0 Å². The molecule has 0 saturated carbocycles. The summed E-state index contributed by atoms with van der Waals surface area (Å²) in [4.78, 5) is 2.84. The SMILES string of the molecule is CC1(C)CCC(C)(C)c2cc(-c3cc4c5c6c3Bc3cccc7c3N6c3c(cc6c(c3C5(C)c3ccccc3-4)C(C)(C)CCC6(C)C)C7(C)C)c(Nc3ccccc3)cc21. The van der Waals surface area contributed by atoms with E-state index in [-0.39, 0.29) is 32.5 Å². The van der Waals surface area contributed by atoms with E-state index in [1.54, 1.807) is 16.7 Å². The van der Waals surface area contributed by atoms with Gasteiger partial charge >= 0.3 is 0 Å². The van der Waals surface area contributed by atoms with E-state index in [0.29, 0.717) is 0 Å². The van der Waals surface area contributed by atoms with Crippen LogP contribution in [0.15, 0.2) is 97.1 Å². The first-order valence-electron chi connectivity index (χ1n) is 22.8. The van der Waals surface area contributed by atoms with Crippen LogP contribution < -0.4 is 21.1 Å². The van der Waals surface area contributed by atoms with Crippen molar-refractivity contribution in [3.63, 3.8) is 0 Å². The summed E-state index contributed by atoms with van der Waals surface area (Å²) in [5.41, 5.74) is 28.6. The van der Waals surface area contributed by atoms with Crippen LogP contribution in [0.2, 0.25) is 0 Å². The molecule has 0 saturated heterocycles. The van der Waals surface area contributed by atoms with Crippen LogP contribution in [-0.2, 0) is 32.5 Å². The molecule has 6 aromatic rings. The highest BCUT2D eigenvalue weighted by Gasteiger charge is 2.58. The number of rotatable bonds is 3. The van der Waals surface area contributed by atoms with Gasteiger partial charge in [-0.15, -0.1) is 0 Å². The monoisotopic (exact) mass is 782 g/mol. The Labute approximate surface area is 359 Å². The van der Waals surface area contributed by atoms with Crippen molar-refractivity contribution in [1.82, 2.24) is 0 Å². The van der Waals surface area contributed by atoms with Gasteiger partial charge in [0.1, 0.15) is 0 Å². The lowest BCUT2D eigenvalue weighted by atomic mass is 9.50.